The van der Waals surface area contributed by atoms with Gasteiger partial charge >= 0.3 is 0 Å². The lowest BCUT2D eigenvalue weighted by Crippen LogP contribution is -2.40. The molecular formula is C12H14N2O4S. The monoisotopic (exact) mass is 282 g/mol. The molecule has 0 atom stereocenters. The van der Waals surface area contributed by atoms with Crippen LogP contribution in [-0.4, -0.2) is 51.0 Å². The maximum atomic E-state index is 12.0. The van der Waals surface area contributed by atoms with Gasteiger partial charge in [0.25, 0.3) is 5.69 Å². The summed E-state index contributed by atoms with van der Waals surface area (Å²) in [5.41, 5.74) is 0.446. The number of non-ortho nitro benzene ring substituents is 1. The molecule has 0 amide bonds. The van der Waals surface area contributed by atoms with E-state index in [0.29, 0.717) is 30.2 Å². The van der Waals surface area contributed by atoms with Gasteiger partial charge in [0, 0.05) is 53.1 Å². The molecular weight excluding hydrogens is 268 g/mol. The van der Waals surface area contributed by atoms with E-state index in [2.05, 4.69) is 0 Å². The number of nitro benzene ring substituents is 1. The molecule has 1 aromatic rings. The number of hydrogen-bond donors (Lipinski definition) is 0. The Morgan fingerprint density at radius 2 is 1.84 bits per heavy atom. The summed E-state index contributed by atoms with van der Waals surface area (Å²) < 4.78 is 11.2. The molecule has 6 nitrogen and oxygen atoms in total. The van der Waals surface area contributed by atoms with Crippen LogP contribution in [0, 0.1) is 10.1 Å². The van der Waals surface area contributed by atoms with Crippen LogP contribution in [0.4, 0.5) is 5.69 Å². The topological polar surface area (TPSA) is 80.5 Å². The number of rotatable bonds is 4. The Morgan fingerprint density at radius 1 is 1.26 bits per heavy atom. The van der Waals surface area contributed by atoms with Gasteiger partial charge in [0.05, 0.1) is 11.5 Å². The van der Waals surface area contributed by atoms with Gasteiger partial charge in [-0.1, -0.05) is 0 Å². The van der Waals surface area contributed by atoms with E-state index in [4.69, 9.17) is 0 Å². The van der Waals surface area contributed by atoms with Crippen LogP contribution in [-0.2, 0) is 10.8 Å². The van der Waals surface area contributed by atoms with E-state index in [1.54, 1.807) is 0 Å². The Kier molecular flexibility index (Phi) is 4.39. The van der Waals surface area contributed by atoms with E-state index < -0.39 is 15.7 Å². The van der Waals surface area contributed by atoms with Crippen molar-refractivity contribution >= 4 is 22.3 Å². The normalized spacial score (nSPS) is 17.3. The second-order valence-corrected chi connectivity index (χ2v) is 6.05. The van der Waals surface area contributed by atoms with Crippen LogP contribution in [0.3, 0.4) is 0 Å². The van der Waals surface area contributed by atoms with Crippen LogP contribution in [0.15, 0.2) is 24.3 Å². The van der Waals surface area contributed by atoms with E-state index in [1.807, 2.05) is 4.90 Å². The Balaban J connectivity index is 1.96. The van der Waals surface area contributed by atoms with Gasteiger partial charge in [0.1, 0.15) is 0 Å². The van der Waals surface area contributed by atoms with Crippen molar-refractivity contribution in [1.82, 2.24) is 4.90 Å². The summed E-state index contributed by atoms with van der Waals surface area (Å²) in [6.07, 6.45) is 0. The summed E-state index contributed by atoms with van der Waals surface area (Å²) in [7, 11) is -0.757. The van der Waals surface area contributed by atoms with Crippen molar-refractivity contribution in [3.63, 3.8) is 0 Å². The van der Waals surface area contributed by atoms with Gasteiger partial charge < -0.3 is 0 Å². The van der Waals surface area contributed by atoms with Crippen LogP contribution < -0.4 is 0 Å². The molecule has 19 heavy (non-hydrogen) atoms. The standard InChI is InChI=1S/C12H14N2O4S/c15-12(9-13-5-7-19(18)8-6-13)10-1-3-11(4-2-10)14(16)17/h1-4H,5-9H2. The van der Waals surface area contributed by atoms with Crippen molar-refractivity contribution < 1.29 is 13.9 Å². The largest absolute Gasteiger partial charge is 0.294 e. The van der Waals surface area contributed by atoms with E-state index >= 15 is 0 Å². The quantitative estimate of drug-likeness (QED) is 0.464. The molecule has 2 rings (SSSR count). The number of Topliss-reactive ketones (excluding diaryl/α,β-unsaturated/α-hetero) is 1. The van der Waals surface area contributed by atoms with Crippen molar-refractivity contribution in [2.75, 3.05) is 31.1 Å². The van der Waals surface area contributed by atoms with Crippen molar-refractivity contribution in [2.45, 2.75) is 0 Å². The second-order valence-electron chi connectivity index (χ2n) is 4.35. The molecule has 0 N–H and O–H groups in total. The van der Waals surface area contributed by atoms with Gasteiger partial charge in [-0.15, -0.1) is 0 Å². The average Bonchev–Trinajstić information content (AvgIpc) is 2.41. The highest BCUT2D eigenvalue weighted by atomic mass is 32.2. The first-order chi connectivity index (χ1) is 9.06. The van der Waals surface area contributed by atoms with Crippen LogP contribution in [0.2, 0.25) is 0 Å². The Hall–Kier alpha value is -1.60. The fourth-order valence-corrected chi connectivity index (χ4v) is 3.03. The molecule has 0 unspecified atom stereocenters. The van der Waals surface area contributed by atoms with Gasteiger partial charge in [-0.2, -0.15) is 0 Å². The fourth-order valence-electron chi connectivity index (χ4n) is 1.90. The summed E-state index contributed by atoms with van der Waals surface area (Å²) in [6.45, 7) is 1.59. The first kappa shape index (κ1) is 13.8. The Bertz CT molecular complexity index is 505. The predicted octanol–water partition coefficient (Wildman–Crippen LogP) is 0.842. The van der Waals surface area contributed by atoms with Crippen molar-refractivity contribution in [3.8, 4) is 0 Å². The third-order valence-electron chi connectivity index (χ3n) is 3.04. The molecule has 1 saturated heterocycles. The molecule has 0 aliphatic carbocycles. The number of benzene rings is 1. The molecule has 7 heteroatoms. The molecule has 0 spiro atoms. The number of nitro groups is 1. The summed E-state index contributed by atoms with van der Waals surface area (Å²) in [4.78, 5) is 24.0. The lowest BCUT2D eigenvalue weighted by Gasteiger charge is -2.25. The first-order valence-electron chi connectivity index (χ1n) is 5.91. The Morgan fingerprint density at radius 3 is 2.37 bits per heavy atom. The van der Waals surface area contributed by atoms with Gasteiger partial charge in [-0.25, -0.2) is 0 Å². The third-order valence-corrected chi connectivity index (χ3v) is 4.31. The molecule has 0 radical (unpaired) electrons. The first-order valence-corrected chi connectivity index (χ1v) is 7.40. The zero-order valence-corrected chi connectivity index (χ0v) is 11.1. The van der Waals surface area contributed by atoms with Gasteiger partial charge in [-0.3, -0.25) is 24.0 Å². The van der Waals surface area contributed by atoms with Gasteiger partial charge in [-0.05, 0) is 12.1 Å². The smallest absolute Gasteiger partial charge is 0.269 e. The number of hydrogen-bond acceptors (Lipinski definition) is 5. The molecule has 1 heterocycles. The van der Waals surface area contributed by atoms with Crippen molar-refractivity contribution in [2.24, 2.45) is 0 Å². The fraction of sp³-hybridized carbons (Fsp3) is 0.417. The molecule has 0 aromatic heterocycles. The van der Waals surface area contributed by atoms with Gasteiger partial charge in [0.15, 0.2) is 5.78 Å². The van der Waals surface area contributed by atoms with Crippen LogP contribution in [0.5, 0.6) is 0 Å². The average molecular weight is 282 g/mol. The maximum absolute atomic E-state index is 12.0. The zero-order valence-electron chi connectivity index (χ0n) is 10.3. The minimum absolute atomic E-state index is 0.0232. The highest BCUT2D eigenvalue weighted by Gasteiger charge is 2.18. The van der Waals surface area contributed by atoms with Crippen LogP contribution >= 0.6 is 0 Å². The minimum Gasteiger partial charge on any atom is -0.294 e. The van der Waals surface area contributed by atoms with E-state index in [0.717, 1.165) is 0 Å². The lowest BCUT2D eigenvalue weighted by molar-refractivity contribution is -0.384. The Labute approximate surface area is 113 Å². The summed E-state index contributed by atoms with van der Waals surface area (Å²) in [5.74, 6) is 1.14. The highest BCUT2D eigenvalue weighted by Crippen LogP contribution is 2.13. The molecule has 1 fully saturated rings. The second kappa shape index (κ2) is 6.03. The number of carbonyl (C=O) groups excluding carboxylic acids is 1. The molecule has 1 aliphatic heterocycles. The van der Waals surface area contributed by atoms with E-state index in [9.17, 15) is 19.1 Å². The maximum Gasteiger partial charge on any atom is 0.269 e. The van der Waals surface area contributed by atoms with Crippen molar-refractivity contribution in [3.05, 3.63) is 39.9 Å². The van der Waals surface area contributed by atoms with E-state index in [1.165, 1.54) is 24.3 Å². The summed E-state index contributed by atoms with van der Waals surface area (Å²) >= 11 is 0. The zero-order chi connectivity index (χ0) is 13.8. The molecule has 1 aromatic carbocycles. The molecule has 0 saturated carbocycles. The third kappa shape index (κ3) is 3.68. The number of ketones is 1. The number of nitrogens with zero attached hydrogens (tertiary/aromatic N) is 2. The van der Waals surface area contributed by atoms with Crippen LogP contribution in [0.1, 0.15) is 10.4 Å². The molecule has 102 valence electrons. The van der Waals surface area contributed by atoms with Crippen LogP contribution in [0.25, 0.3) is 0 Å². The van der Waals surface area contributed by atoms with E-state index in [-0.39, 0.29) is 18.0 Å². The lowest BCUT2D eigenvalue weighted by atomic mass is 10.1. The van der Waals surface area contributed by atoms with Gasteiger partial charge in [0.2, 0.25) is 0 Å². The highest BCUT2D eigenvalue weighted by molar-refractivity contribution is 7.85. The number of carbonyl (C=O) groups is 1. The summed E-state index contributed by atoms with van der Waals surface area (Å²) in [5, 5.41) is 10.5. The predicted molar refractivity (Wildman–Crippen MR) is 71.7 cm³/mol. The SMILES string of the molecule is O=C(CN1CCS(=O)CC1)c1ccc([N+](=O)[O-])cc1. The molecule has 0 bridgehead atoms. The van der Waals surface area contributed by atoms with Crippen molar-refractivity contribution in [1.29, 1.82) is 0 Å². The summed E-state index contributed by atoms with van der Waals surface area (Å²) in [6, 6.07) is 5.61. The molecule has 1 aliphatic rings. The minimum atomic E-state index is -0.757.